The average Bonchev–Trinajstić information content (AvgIpc) is 2.79. The van der Waals surface area contributed by atoms with Crippen LogP contribution < -0.4 is 0 Å². The third-order valence-corrected chi connectivity index (χ3v) is 4.02. The number of aromatic carboxylic acids is 1. The van der Waals surface area contributed by atoms with Crippen LogP contribution in [0.15, 0.2) is 40.2 Å². The van der Waals surface area contributed by atoms with Crippen molar-refractivity contribution in [2.45, 2.75) is 10.1 Å². The normalized spacial score (nSPS) is 10.2. The van der Waals surface area contributed by atoms with Crippen LogP contribution in [0, 0.1) is 0 Å². The van der Waals surface area contributed by atoms with Crippen molar-refractivity contribution in [2.24, 2.45) is 0 Å². The van der Waals surface area contributed by atoms with Crippen LogP contribution >= 0.6 is 23.1 Å². The zero-order valence-electron chi connectivity index (χ0n) is 8.29. The first kappa shape index (κ1) is 11.2. The van der Waals surface area contributed by atoms with Gasteiger partial charge in [0.2, 0.25) is 0 Å². The van der Waals surface area contributed by atoms with Gasteiger partial charge < -0.3 is 5.11 Å². The van der Waals surface area contributed by atoms with Crippen LogP contribution in [0.2, 0.25) is 0 Å². The molecular weight excluding hydrogens is 242 g/mol. The number of rotatable bonds is 4. The van der Waals surface area contributed by atoms with Crippen molar-refractivity contribution in [3.63, 3.8) is 0 Å². The van der Waals surface area contributed by atoms with Crippen molar-refractivity contribution in [1.29, 1.82) is 0 Å². The quantitative estimate of drug-likeness (QED) is 0.848. The lowest BCUT2D eigenvalue weighted by atomic mass is 10.1. The second kappa shape index (κ2) is 5.14. The molecule has 0 aliphatic rings. The summed E-state index contributed by atoms with van der Waals surface area (Å²) in [6.45, 7) is 0. The Labute approximate surface area is 101 Å². The molecule has 16 heavy (non-hydrogen) atoms. The smallest absolute Gasteiger partial charge is 0.335 e. The van der Waals surface area contributed by atoms with Crippen molar-refractivity contribution in [1.82, 2.24) is 4.98 Å². The first-order chi connectivity index (χ1) is 7.77. The Bertz CT molecular complexity index is 482. The molecule has 82 valence electrons. The summed E-state index contributed by atoms with van der Waals surface area (Å²) in [5.41, 5.74) is 1.20. The predicted molar refractivity (Wildman–Crippen MR) is 65.1 cm³/mol. The summed E-state index contributed by atoms with van der Waals surface area (Å²) in [6, 6.07) is 7.05. The van der Waals surface area contributed by atoms with Gasteiger partial charge in [0.15, 0.2) is 0 Å². The van der Waals surface area contributed by atoms with Gasteiger partial charge in [-0.3, -0.25) is 0 Å². The molecule has 0 radical (unpaired) electrons. The van der Waals surface area contributed by atoms with Gasteiger partial charge in [-0.2, -0.15) is 0 Å². The van der Waals surface area contributed by atoms with E-state index in [0.29, 0.717) is 11.3 Å². The van der Waals surface area contributed by atoms with E-state index in [1.807, 2.05) is 17.5 Å². The highest BCUT2D eigenvalue weighted by atomic mass is 32.2. The van der Waals surface area contributed by atoms with E-state index >= 15 is 0 Å². The minimum absolute atomic E-state index is 0.367. The maximum atomic E-state index is 11.0. The zero-order valence-corrected chi connectivity index (χ0v) is 9.92. The number of benzene rings is 1. The second-order valence-electron chi connectivity index (χ2n) is 3.05. The van der Waals surface area contributed by atoms with E-state index < -0.39 is 5.97 Å². The van der Waals surface area contributed by atoms with Crippen molar-refractivity contribution in [3.8, 4) is 0 Å². The Kier molecular flexibility index (Phi) is 3.58. The van der Waals surface area contributed by atoms with Crippen LogP contribution in [0.4, 0.5) is 0 Å². The van der Waals surface area contributed by atoms with Crippen LogP contribution in [0.5, 0.6) is 0 Å². The highest BCUT2D eigenvalue weighted by Crippen LogP contribution is 2.25. The lowest BCUT2D eigenvalue weighted by molar-refractivity contribution is 0.0696. The lowest BCUT2D eigenvalue weighted by Crippen LogP contribution is -2.00. The largest absolute Gasteiger partial charge is 0.478 e. The van der Waals surface area contributed by atoms with Gasteiger partial charge >= 0.3 is 5.97 Å². The fraction of sp³-hybridized carbons (Fsp3) is 0.0909. The molecule has 1 N–H and O–H groups in total. The maximum Gasteiger partial charge on any atom is 0.335 e. The molecule has 0 unspecified atom stereocenters. The summed E-state index contributed by atoms with van der Waals surface area (Å²) in [7, 11) is 0. The minimum atomic E-state index is -0.879. The molecule has 0 spiro atoms. The molecule has 0 amide bonds. The van der Waals surface area contributed by atoms with E-state index in [9.17, 15) is 4.79 Å². The maximum absolute atomic E-state index is 11.0. The fourth-order valence-electron chi connectivity index (χ4n) is 1.28. The molecule has 1 aromatic heterocycles. The molecule has 0 bridgehead atoms. The van der Waals surface area contributed by atoms with E-state index in [1.165, 1.54) is 0 Å². The molecule has 3 nitrogen and oxygen atoms in total. The van der Waals surface area contributed by atoms with Crippen LogP contribution in [-0.4, -0.2) is 16.1 Å². The SMILES string of the molecule is O=C(O)c1ccccc1CSc1nccs1. The third-order valence-electron chi connectivity index (χ3n) is 2.01. The standard InChI is InChI=1S/C11H9NO2S2/c13-10(14)9-4-2-1-3-8(9)7-16-11-12-5-6-15-11/h1-6H,7H2,(H,13,14). The van der Waals surface area contributed by atoms with E-state index in [2.05, 4.69) is 4.98 Å². The first-order valence-electron chi connectivity index (χ1n) is 4.61. The van der Waals surface area contributed by atoms with Crippen molar-refractivity contribution >= 4 is 29.1 Å². The minimum Gasteiger partial charge on any atom is -0.478 e. The Hall–Kier alpha value is -1.33. The fourth-order valence-corrected chi connectivity index (χ4v) is 2.92. The van der Waals surface area contributed by atoms with E-state index in [0.717, 1.165) is 9.90 Å². The highest BCUT2D eigenvalue weighted by Gasteiger charge is 2.09. The number of thiazole rings is 1. The number of carboxylic acid groups (broad SMARTS) is 1. The van der Waals surface area contributed by atoms with Crippen LogP contribution in [0.3, 0.4) is 0 Å². The van der Waals surface area contributed by atoms with Gasteiger partial charge in [-0.05, 0) is 11.6 Å². The van der Waals surface area contributed by atoms with Gasteiger partial charge in [0.1, 0.15) is 4.34 Å². The number of thioether (sulfide) groups is 1. The Morgan fingerprint density at radius 3 is 2.94 bits per heavy atom. The molecule has 0 aliphatic carbocycles. The van der Waals surface area contributed by atoms with Gasteiger partial charge in [-0.25, -0.2) is 9.78 Å². The first-order valence-corrected chi connectivity index (χ1v) is 6.47. The van der Waals surface area contributed by atoms with E-state index in [1.54, 1.807) is 41.4 Å². The van der Waals surface area contributed by atoms with E-state index in [-0.39, 0.29) is 0 Å². The van der Waals surface area contributed by atoms with Crippen molar-refractivity contribution in [3.05, 3.63) is 47.0 Å². The van der Waals surface area contributed by atoms with Gasteiger partial charge in [-0.1, -0.05) is 30.0 Å². The molecule has 5 heteroatoms. The van der Waals surface area contributed by atoms with Gasteiger partial charge in [0.25, 0.3) is 0 Å². The zero-order chi connectivity index (χ0) is 11.4. The summed E-state index contributed by atoms with van der Waals surface area (Å²) in [6.07, 6.45) is 1.75. The molecule has 0 aliphatic heterocycles. The Balaban J connectivity index is 2.12. The average molecular weight is 251 g/mol. The number of aromatic nitrogens is 1. The number of carbonyl (C=O) groups is 1. The van der Waals surface area contributed by atoms with Crippen molar-refractivity contribution in [2.75, 3.05) is 0 Å². The Morgan fingerprint density at radius 2 is 2.25 bits per heavy atom. The van der Waals surface area contributed by atoms with Gasteiger partial charge in [-0.15, -0.1) is 11.3 Å². The van der Waals surface area contributed by atoms with Crippen LogP contribution in [0.25, 0.3) is 0 Å². The monoisotopic (exact) mass is 251 g/mol. The molecule has 0 fully saturated rings. The van der Waals surface area contributed by atoms with Crippen LogP contribution in [-0.2, 0) is 5.75 Å². The summed E-state index contributed by atoms with van der Waals surface area (Å²) in [4.78, 5) is 15.1. The number of nitrogens with zero attached hydrogens (tertiary/aromatic N) is 1. The third kappa shape index (κ3) is 2.62. The molecule has 0 saturated carbocycles. The van der Waals surface area contributed by atoms with Crippen molar-refractivity contribution < 1.29 is 9.90 Å². The summed E-state index contributed by atoms with van der Waals surface area (Å²) < 4.78 is 0.959. The topological polar surface area (TPSA) is 50.2 Å². The van der Waals surface area contributed by atoms with E-state index in [4.69, 9.17) is 5.11 Å². The second-order valence-corrected chi connectivity index (χ2v) is 5.17. The summed E-state index contributed by atoms with van der Waals surface area (Å²) in [5, 5.41) is 10.9. The van der Waals surface area contributed by atoms with Gasteiger partial charge in [0, 0.05) is 17.3 Å². The Morgan fingerprint density at radius 1 is 1.44 bits per heavy atom. The number of hydrogen-bond acceptors (Lipinski definition) is 4. The molecule has 0 saturated heterocycles. The molecule has 1 aromatic carbocycles. The van der Waals surface area contributed by atoms with Gasteiger partial charge in [0.05, 0.1) is 5.56 Å². The molecular formula is C11H9NO2S2. The molecule has 0 atom stereocenters. The number of carboxylic acids is 1. The summed E-state index contributed by atoms with van der Waals surface area (Å²) >= 11 is 3.12. The van der Waals surface area contributed by atoms with Crippen LogP contribution in [0.1, 0.15) is 15.9 Å². The highest BCUT2D eigenvalue weighted by molar-refractivity contribution is 8.00. The summed E-state index contributed by atoms with van der Waals surface area (Å²) in [5.74, 6) is -0.244. The number of hydrogen-bond donors (Lipinski definition) is 1. The molecule has 1 heterocycles. The predicted octanol–water partition coefficient (Wildman–Crippen LogP) is 3.13. The molecule has 2 aromatic rings. The molecule has 2 rings (SSSR count). The lowest BCUT2D eigenvalue weighted by Gasteiger charge is -2.03.